The van der Waals surface area contributed by atoms with Crippen LogP contribution in [-0.4, -0.2) is 24.9 Å². The van der Waals surface area contributed by atoms with Gasteiger partial charge in [-0.25, -0.2) is 0 Å². The summed E-state index contributed by atoms with van der Waals surface area (Å²) in [6.07, 6.45) is 1.76. The first-order valence-electron chi connectivity index (χ1n) is 6.09. The first kappa shape index (κ1) is 16.8. The van der Waals surface area contributed by atoms with Crippen LogP contribution in [0.15, 0.2) is 24.3 Å². The molecule has 0 unspecified atom stereocenters. The summed E-state index contributed by atoms with van der Waals surface area (Å²) in [4.78, 5) is 22.8. The molecule has 0 aromatic heterocycles. The maximum Gasteiger partial charge on any atom is 0.240 e. The van der Waals surface area contributed by atoms with Gasteiger partial charge in [0.25, 0.3) is 0 Å². The zero-order valence-corrected chi connectivity index (χ0v) is 12.4. The molecule has 1 aliphatic rings. The summed E-state index contributed by atoms with van der Waals surface area (Å²) in [5.41, 5.74) is 5.82. The molecular formula is C13H17Cl2N3O2. The molecule has 20 heavy (non-hydrogen) atoms. The third kappa shape index (κ3) is 4.10. The molecule has 2 amide bonds. The second-order valence-electron chi connectivity index (χ2n) is 4.62. The minimum absolute atomic E-state index is 0. The maximum atomic E-state index is 11.8. The van der Waals surface area contributed by atoms with Crippen molar-refractivity contribution in [2.24, 2.45) is 5.73 Å². The number of amides is 2. The van der Waals surface area contributed by atoms with Gasteiger partial charge >= 0.3 is 0 Å². The smallest absolute Gasteiger partial charge is 0.240 e. The zero-order chi connectivity index (χ0) is 13.9. The van der Waals surface area contributed by atoms with Crippen LogP contribution in [0, 0.1) is 0 Å². The van der Waals surface area contributed by atoms with Crippen LogP contribution in [0.1, 0.15) is 18.4 Å². The van der Waals surface area contributed by atoms with Gasteiger partial charge in [0.2, 0.25) is 11.8 Å². The van der Waals surface area contributed by atoms with Crippen LogP contribution in [0.5, 0.6) is 0 Å². The van der Waals surface area contributed by atoms with Crippen molar-refractivity contribution in [3.8, 4) is 0 Å². The molecule has 110 valence electrons. The lowest BCUT2D eigenvalue weighted by Gasteiger charge is -2.18. The summed E-state index contributed by atoms with van der Waals surface area (Å²) >= 11 is 5.95. The topological polar surface area (TPSA) is 84.2 Å². The van der Waals surface area contributed by atoms with Crippen LogP contribution in [0.2, 0.25) is 5.02 Å². The number of nitrogens with two attached hydrogens (primary N) is 1. The standard InChI is InChI=1S/C13H16ClN3O2.ClH/c14-10-3-1-2-9(6-10)13(4-5-13)17-12(19)8-16-11(18)7-15;/h1-3,6H,4-5,7-8,15H2,(H,16,18)(H,17,19);1H. The van der Waals surface area contributed by atoms with Gasteiger partial charge < -0.3 is 16.4 Å². The predicted octanol–water partition coefficient (Wildman–Crippen LogP) is 0.942. The molecule has 1 saturated carbocycles. The highest BCUT2D eigenvalue weighted by molar-refractivity contribution is 6.30. The van der Waals surface area contributed by atoms with Crippen molar-refractivity contribution in [1.29, 1.82) is 0 Å². The van der Waals surface area contributed by atoms with Crippen molar-refractivity contribution < 1.29 is 9.59 Å². The van der Waals surface area contributed by atoms with Gasteiger partial charge in [0, 0.05) is 5.02 Å². The molecule has 0 saturated heterocycles. The van der Waals surface area contributed by atoms with Crippen LogP contribution >= 0.6 is 24.0 Å². The fourth-order valence-electron chi connectivity index (χ4n) is 1.96. The minimum atomic E-state index is -0.345. The van der Waals surface area contributed by atoms with Gasteiger partial charge in [-0.1, -0.05) is 23.7 Å². The lowest BCUT2D eigenvalue weighted by molar-refractivity contribution is -0.126. The van der Waals surface area contributed by atoms with Crippen molar-refractivity contribution in [1.82, 2.24) is 10.6 Å². The van der Waals surface area contributed by atoms with E-state index >= 15 is 0 Å². The molecule has 5 nitrogen and oxygen atoms in total. The molecule has 2 rings (SSSR count). The molecule has 1 fully saturated rings. The van der Waals surface area contributed by atoms with Gasteiger partial charge in [0.05, 0.1) is 18.6 Å². The van der Waals surface area contributed by atoms with E-state index in [1.54, 1.807) is 6.07 Å². The summed E-state index contributed by atoms with van der Waals surface area (Å²) in [6, 6.07) is 7.45. The highest BCUT2D eigenvalue weighted by Crippen LogP contribution is 2.45. The third-order valence-corrected chi connectivity index (χ3v) is 3.37. The van der Waals surface area contributed by atoms with Crippen LogP contribution in [0.25, 0.3) is 0 Å². The number of hydrogen-bond donors (Lipinski definition) is 3. The van der Waals surface area contributed by atoms with Crippen LogP contribution in [0.3, 0.4) is 0 Å². The summed E-state index contributed by atoms with van der Waals surface area (Å²) in [5.74, 6) is -0.568. The third-order valence-electron chi connectivity index (χ3n) is 3.14. The van der Waals surface area contributed by atoms with E-state index in [-0.39, 0.29) is 42.8 Å². The number of hydrogen-bond acceptors (Lipinski definition) is 3. The van der Waals surface area contributed by atoms with Crippen LogP contribution < -0.4 is 16.4 Å². The highest BCUT2D eigenvalue weighted by atomic mass is 35.5. The van der Waals surface area contributed by atoms with Crippen molar-refractivity contribution in [3.63, 3.8) is 0 Å². The lowest BCUT2D eigenvalue weighted by atomic mass is 10.1. The summed E-state index contributed by atoms with van der Waals surface area (Å²) < 4.78 is 0. The SMILES string of the molecule is Cl.NCC(=O)NCC(=O)NC1(c2cccc(Cl)c2)CC1. The number of carbonyl (C=O) groups is 2. The Balaban J connectivity index is 0.00000200. The molecule has 0 radical (unpaired) electrons. The van der Waals surface area contributed by atoms with Gasteiger partial charge in [-0.15, -0.1) is 12.4 Å². The Morgan fingerprint density at radius 2 is 2.00 bits per heavy atom. The predicted molar refractivity (Wildman–Crippen MR) is 79.8 cm³/mol. The number of benzene rings is 1. The van der Waals surface area contributed by atoms with E-state index in [1.165, 1.54) is 0 Å². The van der Waals surface area contributed by atoms with Gasteiger partial charge in [-0.3, -0.25) is 9.59 Å². The molecule has 7 heteroatoms. The molecular weight excluding hydrogens is 301 g/mol. The quantitative estimate of drug-likeness (QED) is 0.755. The van der Waals surface area contributed by atoms with E-state index in [2.05, 4.69) is 10.6 Å². The fourth-order valence-corrected chi connectivity index (χ4v) is 2.15. The van der Waals surface area contributed by atoms with E-state index in [1.807, 2.05) is 18.2 Å². The molecule has 1 aromatic carbocycles. The second kappa shape index (κ2) is 6.92. The normalized spacial score (nSPS) is 14.9. The summed E-state index contributed by atoms with van der Waals surface area (Å²) in [5, 5.41) is 6.03. The Morgan fingerprint density at radius 1 is 1.30 bits per heavy atom. The van der Waals surface area contributed by atoms with Crippen LogP contribution in [0.4, 0.5) is 0 Å². The molecule has 0 atom stereocenters. The van der Waals surface area contributed by atoms with Crippen molar-refractivity contribution in [2.45, 2.75) is 18.4 Å². The fraction of sp³-hybridized carbons (Fsp3) is 0.385. The number of rotatable bonds is 5. The average Bonchev–Trinajstić information content (AvgIpc) is 3.17. The largest absolute Gasteiger partial charge is 0.346 e. The van der Waals surface area contributed by atoms with Crippen molar-refractivity contribution in [2.75, 3.05) is 13.1 Å². The van der Waals surface area contributed by atoms with E-state index in [9.17, 15) is 9.59 Å². The van der Waals surface area contributed by atoms with Gasteiger partial charge in [-0.05, 0) is 30.5 Å². The number of nitrogens with one attached hydrogen (secondary N) is 2. The Kier molecular flexibility index (Phi) is 5.80. The van der Waals surface area contributed by atoms with E-state index < -0.39 is 0 Å². The zero-order valence-electron chi connectivity index (χ0n) is 10.8. The second-order valence-corrected chi connectivity index (χ2v) is 5.06. The lowest BCUT2D eigenvalue weighted by Crippen LogP contribution is -2.43. The molecule has 1 aromatic rings. The number of halogens is 2. The Labute approximate surface area is 128 Å². The van der Waals surface area contributed by atoms with Crippen molar-refractivity contribution in [3.05, 3.63) is 34.9 Å². The van der Waals surface area contributed by atoms with E-state index in [0.717, 1.165) is 18.4 Å². The Bertz CT molecular complexity index is 504. The maximum absolute atomic E-state index is 11.8. The van der Waals surface area contributed by atoms with Gasteiger partial charge in [0.15, 0.2) is 0 Å². The Morgan fingerprint density at radius 3 is 2.55 bits per heavy atom. The molecule has 0 heterocycles. The average molecular weight is 318 g/mol. The summed E-state index contributed by atoms with van der Waals surface area (Å²) in [6.45, 7) is -0.176. The molecule has 4 N–H and O–H groups in total. The first-order valence-corrected chi connectivity index (χ1v) is 6.47. The van der Waals surface area contributed by atoms with E-state index in [0.29, 0.717) is 5.02 Å². The monoisotopic (exact) mass is 317 g/mol. The van der Waals surface area contributed by atoms with Gasteiger partial charge in [0.1, 0.15) is 0 Å². The first-order chi connectivity index (χ1) is 9.05. The Hall–Kier alpha value is -1.30. The molecule has 0 aliphatic heterocycles. The van der Waals surface area contributed by atoms with Crippen LogP contribution in [-0.2, 0) is 15.1 Å². The molecule has 0 bridgehead atoms. The number of carbonyl (C=O) groups excluding carboxylic acids is 2. The highest BCUT2D eigenvalue weighted by Gasteiger charge is 2.45. The molecule has 1 aliphatic carbocycles. The summed E-state index contributed by atoms with van der Waals surface area (Å²) in [7, 11) is 0. The molecule has 0 spiro atoms. The van der Waals surface area contributed by atoms with Gasteiger partial charge in [-0.2, -0.15) is 0 Å². The van der Waals surface area contributed by atoms with Crippen molar-refractivity contribution >= 4 is 35.8 Å². The minimum Gasteiger partial charge on any atom is -0.346 e. The van der Waals surface area contributed by atoms with E-state index in [4.69, 9.17) is 17.3 Å².